The van der Waals surface area contributed by atoms with Gasteiger partial charge in [0.25, 0.3) is 0 Å². The Morgan fingerprint density at radius 2 is 1.95 bits per heavy atom. The Labute approximate surface area is 109 Å². The summed E-state index contributed by atoms with van der Waals surface area (Å²) >= 11 is 0. The Kier molecular flexibility index (Phi) is 2.93. The molecule has 4 heteroatoms. The fraction of sp³-hybridized carbons (Fsp3) is 0.0667. The molecule has 3 rings (SSSR count). The van der Waals surface area contributed by atoms with Crippen molar-refractivity contribution in [3.05, 3.63) is 72.1 Å². The number of aliphatic hydroxyl groups is 1. The van der Waals surface area contributed by atoms with Gasteiger partial charge in [-0.3, -0.25) is 9.97 Å². The average molecular weight is 254 g/mol. The van der Waals surface area contributed by atoms with Gasteiger partial charge in [-0.05, 0) is 29.1 Å². The van der Waals surface area contributed by atoms with E-state index in [-0.39, 0.29) is 0 Å². The maximum absolute atomic E-state index is 12.9. The Bertz CT molecular complexity index is 707. The van der Waals surface area contributed by atoms with Crippen molar-refractivity contribution in [3.8, 4) is 0 Å². The van der Waals surface area contributed by atoms with Crippen LogP contribution in [0.5, 0.6) is 0 Å². The summed E-state index contributed by atoms with van der Waals surface area (Å²) in [7, 11) is 0. The van der Waals surface area contributed by atoms with Crippen LogP contribution in [0.2, 0.25) is 0 Å². The molecular formula is C15H11FN2O. The molecule has 0 fully saturated rings. The van der Waals surface area contributed by atoms with Crippen LogP contribution in [-0.4, -0.2) is 15.1 Å². The summed E-state index contributed by atoms with van der Waals surface area (Å²) < 4.78 is 12.9. The number of nitrogens with zero attached hydrogens (tertiary/aromatic N) is 2. The van der Waals surface area contributed by atoms with Crippen LogP contribution in [-0.2, 0) is 0 Å². The number of fused-ring (bicyclic) bond motifs is 1. The lowest BCUT2D eigenvalue weighted by Crippen LogP contribution is -2.03. The fourth-order valence-corrected chi connectivity index (χ4v) is 2.09. The minimum Gasteiger partial charge on any atom is -0.382 e. The Hall–Kier alpha value is -2.33. The summed E-state index contributed by atoms with van der Waals surface area (Å²) in [6, 6.07) is 10.2. The third-order valence-corrected chi connectivity index (χ3v) is 3.04. The van der Waals surface area contributed by atoms with Gasteiger partial charge in [-0.15, -0.1) is 0 Å². The SMILES string of the molecule is OC(c1ccc(F)cn1)c1cccc2cnccc12. The van der Waals surface area contributed by atoms with E-state index in [1.807, 2.05) is 24.3 Å². The molecule has 0 saturated carbocycles. The van der Waals surface area contributed by atoms with E-state index in [9.17, 15) is 9.50 Å². The van der Waals surface area contributed by atoms with Gasteiger partial charge >= 0.3 is 0 Å². The third-order valence-electron chi connectivity index (χ3n) is 3.04. The first-order valence-electron chi connectivity index (χ1n) is 5.88. The van der Waals surface area contributed by atoms with Crippen molar-refractivity contribution in [1.29, 1.82) is 0 Å². The maximum atomic E-state index is 12.9. The predicted molar refractivity (Wildman–Crippen MR) is 70.0 cm³/mol. The molecule has 1 aromatic carbocycles. The van der Waals surface area contributed by atoms with Crippen LogP contribution in [0.25, 0.3) is 10.8 Å². The molecule has 0 saturated heterocycles. The highest BCUT2D eigenvalue weighted by Gasteiger charge is 2.14. The number of pyridine rings is 2. The molecule has 3 aromatic rings. The molecule has 0 aliphatic rings. The predicted octanol–water partition coefficient (Wildman–Crippen LogP) is 2.85. The highest BCUT2D eigenvalue weighted by Crippen LogP contribution is 2.27. The first-order valence-corrected chi connectivity index (χ1v) is 5.88. The number of rotatable bonds is 2. The molecule has 0 aliphatic heterocycles. The topological polar surface area (TPSA) is 46.0 Å². The van der Waals surface area contributed by atoms with Crippen molar-refractivity contribution in [2.45, 2.75) is 6.10 Å². The zero-order valence-corrected chi connectivity index (χ0v) is 9.99. The number of aromatic nitrogens is 2. The molecule has 19 heavy (non-hydrogen) atoms. The molecule has 0 radical (unpaired) electrons. The van der Waals surface area contributed by atoms with Crippen molar-refractivity contribution in [2.75, 3.05) is 0 Å². The summed E-state index contributed by atoms with van der Waals surface area (Å²) in [4.78, 5) is 7.97. The van der Waals surface area contributed by atoms with Gasteiger partial charge in [0.2, 0.25) is 0 Å². The molecular weight excluding hydrogens is 243 g/mol. The Morgan fingerprint density at radius 1 is 1.05 bits per heavy atom. The highest BCUT2D eigenvalue weighted by atomic mass is 19.1. The van der Waals surface area contributed by atoms with Crippen LogP contribution in [0.1, 0.15) is 17.4 Å². The van der Waals surface area contributed by atoms with Gasteiger partial charge in [0.1, 0.15) is 11.9 Å². The quantitative estimate of drug-likeness (QED) is 0.764. The fourth-order valence-electron chi connectivity index (χ4n) is 2.09. The lowest BCUT2D eigenvalue weighted by Gasteiger charge is -2.13. The van der Waals surface area contributed by atoms with Crippen molar-refractivity contribution < 1.29 is 9.50 Å². The number of benzene rings is 1. The molecule has 2 heterocycles. The van der Waals surface area contributed by atoms with Gasteiger partial charge in [0.15, 0.2) is 0 Å². The molecule has 2 aromatic heterocycles. The summed E-state index contributed by atoms with van der Waals surface area (Å²) in [5, 5.41) is 12.2. The lowest BCUT2D eigenvalue weighted by molar-refractivity contribution is 0.216. The smallest absolute Gasteiger partial charge is 0.141 e. The highest BCUT2D eigenvalue weighted by molar-refractivity contribution is 5.85. The summed E-state index contributed by atoms with van der Waals surface area (Å²) in [5.74, 6) is -0.418. The van der Waals surface area contributed by atoms with Crippen molar-refractivity contribution in [1.82, 2.24) is 9.97 Å². The Morgan fingerprint density at radius 3 is 2.74 bits per heavy atom. The summed E-state index contributed by atoms with van der Waals surface area (Å²) in [6.45, 7) is 0. The largest absolute Gasteiger partial charge is 0.382 e. The van der Waals surface area contributed by atoms with Crippen LogP contribution >= 0.6 is 0 Å². The maximum Gasteiger partial charge on any atom is 0.141 e. The standard InChI is InChI=1S/C15H11FN2O/c16-11-4-5-14(18-9-11)15(19)13-3-1-2-10-8-17-7-6-12(10)13/h1-9,15,19H. The minimum absolute atomic E-state index is 0.418. The van der Waals surface area contributed by atoms with Crippen LogP contribution in [0.15, 0.2) is 55.0 Å². The molecule has 1 unspecified atom stereocenters. The van der Waals surface area contributed by atoms with E-state index in [1.165, 1.54) is 12.1 Å². The molecule has 0 bridgehead atoms. The van der Waals surface area contributed by atoms with Crippen LogP contribution < -0.4 is 0 Å². The van der Waals surface area contributed by atoms with Gasteiger partial charge in [0.05, 0.1) is 11.9 Å². The van der Waals surface area contributed by atoms with Gasteiger partial charge in [0, 0.05) is 17.8 Å². The second-order valence-electron chi connectivity index (χ2n) is 4.25. The van der Waals surface area contributed by atoms with Gasteiger partial charge in [-0.1, -0.05) is 18.2 Å². The number of halogens is 1. The molecule has 0 amide bonds. The summed E-state index contributed by atoms with van der Waals surface area (Å²) in [6.07, 6.45) is 3.64. The zero-order valence-electron chi connectivity index (χ0n) is 9.99. The normalized spacial score (nSPS) is 12.5. The first-order chi connectivity index (χ1) is 9.25. The van der Waals surface area contributed by atoms with Crippen molar-refractivity contribution in [2.24, 2.45) is 0 Å². The van der Waals surface area contributed by atoms with E-state index in [0.717, 1.165) is 22.5 Å². The molecule has 0 aliphatic carbocycles. The van der Waals surface area contributed by atoms with E-state index in [0.29, 0.717) is 5.69 Å². The van der Waals surface area contributed by atoms with Gasteiger partial charge in [-0.25, -0.2) is 4.39 Å². The average Bonchev–Trinajstić information content (AvgIpc) is 2.47. The van der Waals surface area contributed by atoms with E-state index in [4.69, 9.17) is 0 Å². The molecule has 1 atom stereocenters. The Balaban J connectivity index is 2.11. The van der Waals surface area contributed by atoms with Gasteiger partial charge < -0.3 is 5.11 Å². The van der Waals surface area contributed by atoms with E-state index in [2.05, 4.69) is 9.97 Å². The molecule has 94 valence electrons. The number of hydrogen-bond acceptors (Lipinski definition) is 3. The van der Waals surface area contributed by atoms with Crippen molar-refractivity contribution in [3.63, 3.8) is 0 Å². The number of aliphatic hydroxyl groups excluding tert-OH is 1. The second kappa shape index (κ2) is 4.74. The molecule has 0 spiro atoms. The lowest BCUT2D eigenvalue weighted by atomic mass is 10.00. The molecule has 1 N–H and O–H groups in total. The first kappa shape index (κ1) is 11.7. The van der Waals surface area contributed by atoms with E-state index in [1.54, 1.807) is 12.4 Å². The monoisotopic (exact) mass is 254 g/mol. The third kappa shape index (κ3) is 2.18. The van der Waals surface area contributed by atoms with Crippen LogP contribution in [0.3, 0.4) is 0 Å². The number of hydrogen-bond donors (Lipinski definition) is 1. The minimum atomic E-state index is -0.883. The van der Waals surface area contributed by atoms with E-state index < -0.39 is 11.9 Å². The summed E-state index contributed by atoms with van der Waals surface area (Å²) in [5.41, 5.74) is 1.16. The zero-order chi connectivity index (χ0) is 13.2. The van der Waals surface area contributed by atoms with Crippen LogP contribution in [0.4, 0.5) is 4.39 Å². The van der Waals surface area contributed by atoms with E-state index >= 15 is 0 Å². The molecule has 3 nitrogen and oxygen atoms in total. The van der Waals surface area contributed by atoms with Crippen molar-refractivity contribution >= 4 is 10.8 Å². The second-order valence-corrected chi connectivity index (χ2v) is 4.25. The van der Waals surface area contributed by atoms with Crippen LogP contribution in [0, 0.1) is 5.82 Å². The van der Waals surface area contributed by atoms with Gasteiger partial charge in [-0.2, -0.15) is 0 Å².